The first-order valence-electron chi connectivity index (χ1n) is 7.56. The monoisotopic (exact) mass is 363 g/mol. The molecular formula is C19H19Cl2NO2. The molecule has 0 fully saturated rings. The number of aryl methyl sites for hydroxylation is 1. The van der Waals surface area contributed by atoms with Crippen LogP contribution in [0.2, 0.25) is 10.0 Å². The second-order valence-electron chi connectivity index (χ2n) is 5.15. The van der Waals surface area contributed by atoms with Gasteiger partial charge in [-0.05, 0) is 49.2 Å². The molecule has 0 aliphatic carbocycles. The molecule has 0 radical (unpaired) electrons. The van der Waals surface area contributed by atoms with Crippen LogP contribution in [0.25, 0.3) is 0 Å². The Balaban J connectivity index is 2.17. The van der Waals surface area contributed by atoms with Crippen LogP contribution in [-0.4, -0.2) is 13.2 Å². The summed E-state index contributed by atoms with van der Waals surface area (Å²) in [4.78, 5) is 0. The van der Waals surface area contributed by atoms with Crippen LogP contribution >= 0.6 is 23.2 Å². The van der Waals surface area contributed by atoms with E-state index >= 15 is 0 Å². The molecule has 0 aliphatic rings. The van der Waals surface area contributed by atoms with Gasteiger partial charge < -0.3 is 14.8 Å². The fourth-order valence-corrected chi connectivity index (χ4v) is 2.62. The summed E-state index contributed by atoms with van der Waals surface area (Å²) in [6, 6.07) is 9.58. The Morgan fingerprint density at radius 3 is 2.58 bits per heavy atom. The maximum atomic E-state index is 6.31. The lowest BCUT2D eigenvalue weighted by Gasteiger charge is -2.15. The van der Waals surface area contributed by atoms with Crippen molar-refractivity contribution in [2.45, 2.75) is 20.4 Å². The second kappa shape index (κ2) is 8.73. The highest BCUT2D eigenvalue weighted by Gasteiger charge is 2.12. The van der Waals surface area contributed by atoms with Crippen molar-refractivity contribution in [1.82, 2.24) is 0 Å². The number of anilines is 1. The molecule has 0 unspecified atom stereocenters. The molecule has 0 aliphatic heterocycles. The van der Waals surface area contributed by atoms with Gasteiger partial charge in [0.1, 0.15) is 6.61 Å². The van der Waals surface area contributed by atoms with E-state index in [1.165, 1.54) is 0 Å². The van der Waals surface area contributed by atoms with Crippen molar-refractivity contribution >= 4 is 28.9 Å². The Morgan fingerprint density at radius 1 is 1.12 bits per heavy atom. The molecule has 0 saturated carbocycles. The van der Waals surface area contributed by atoms with E-state index in [0.717, 1.165) is 21.8 Å². The van der Waals surface area contributed by atoms with Gasteiger partial charge in [-0.1, -0.05) is 35.2 Å². The van der Waals surface area contributed by atoms with E-state index in [1.807, 2.05) is 44.2 Å². The standard InChI is InChI=1S/C19H19Cl2NO2/c1-4-8-24-19-17(21)9-14(10-18(19)23-5-2)12-22-15-7-6-13(3)16(20)11-15/h1,6-7,9-11,22H,5,8,12H2,2-3H3. The zero-order chi connectivity index (χ0) is 17.5. The van der Waals surface area contributed by atoms with E-state index in [9.17, 15) is 0 Å². The Morgan fingerprint density at radius 2 is 1.92 bits per heavy atom. The lowest BCUT2D eigenvalue weighted by molar-refractivity contribution is 0.299. The van der Waals surface area contributed by atoms with Gasteiger partial charge in [-0.3, -0.25) is 0 Å². The minimum Gasteiger partial charge on any atom is -0.490 e. The molecule has 0 heterocycles. The smallest absolute Gasteiger partial charge is 0.181 e. The topological polar surface area (TPSA) is 30.5 Å². The minimum atomic E-state index is 0.138. The number of ether oxygens (including phenoxy) is 2. The van der Waals surface area contributed by atoms with Gasteiger partial charge in [0, 0.05) is 17.3 Å². The average Bonchev–Trinajstić information content (AvgIpc) is 2.55. The molecule has 0 spiro atoms. The summed E-state index contributed by atoms with van der Waals surface area (Å²) in [6.07, 6.45) is 5.24. The van der Waals surface area contributed by atoms with Crippen LogP contribution in [0, 0.1) is 19.3 Å². The van der Waals surface area contributed by atoms with Crippen LogP contribution in [0.3, 0.4) is 0 Å². The van der Waals surface area contributed by atoms with Gasteiger partial charge in [0.15, 0.2) is 11.5 Å². The zero-order valence-corrected chi connectivity index (χ0v) is 15.2. The summed E-state index contributed by atoms with van der Waals surface area (Å²) in [6.45, 7) is 5.09. The summed E-state index contributed by atoms with van der Waals surface area (Å²) in [5, 5.41) is 4.51. The van der Waals surface area contributed by atoms with E-state index in [4.69, 9.17) is 39.1 Å². The van der Waals surface area contributed by atoms with Crippen LogP contribution in [0.1, 0.15) is 18.1 Å². The molecule has 126 valence electrons. The van der Waals surface area contributed by atoms with Crippen LogP contribution < -0.4 is 14.8 Å². The Kier molecular flexibility index (Phi) is 6.66. The highest BCUT2D eigenvalue weighted by Crippen LogP contribution is 2.37. The number of rotatable bonds is 7. The molecule has 0 bridgehead atoms. The van der Waals surface area contributed by atoms with E-state index < -0.39 is 0 Å². The van der Waals surface area contributed by atoms with Crippen molar-refractivity contribution in [3.05, 3.63) is 51.5 Å². The molecule has 0 amide bonds. The van der Waals surface area contributed by atoms with Crippen molar-refractivity contribution < 1.29 is 9.47 Å². The lowest BCUT2D eigenvalue weighted by atomic mass is 10.1. The van der Waals surface area contributed by atoms with Crippen molar-refractivity contribution in [3.8, 4) is 23.8 Å². The Bertz CT molecular complexity index is 754. The Labute approximate surface area is 152 Å². The fraction of sp³-hybridized carbons (Fsp3) is 0.263. The number of hydrogen-bond acceptors (Lipinski definition) is 3. The van der Waals surface area contributed by atoms with Crippen LogP contribution in [-0.2, 0) is 6.54 Å². The maximum absolute atomic E-state index is 6.31. The largest absolute Gasteiger partial charge is 0.490 e. The normalized spacial score (nSPS) is 10.1. The number of halogens is 2. The van der Waals surface area contributed by atoms with Gasteiger partial charge in [0.05, 0.1) is 11.6 Å². The summed E-state index contributed by atoms with van der Waals surface area (Å²) >= 11 is 12.5. The molecule has 5 heteroatoms. The highest BCUT2D eigenvalue weighted by atomic mass is 35.5. The summed E-state index contributed by atoms with van der Waals surface area (Å²) in [5.74, 6) is 3.48. The van der Waals surface area contributed by atoms with Crippen molar-refractivity contribution in [2.75, 3.05) is 18.5 Å². The summed E-state index contributed by atoms with van der Waals surface area (Å²) < 4.78 is 11.1. The van der Waals surface area contributed by atoms with Gasteiger partial charge in [0.25, 0.3) is 0 Å². The summed E-state index contributed by atoms with van der Waals surface area (Å²) in [5.41, 5.74) is 2.94. The van der Waals surface area contributed by atoms with E-state index in [2.05, 4.69) is 11.2 Å². The number of benzene rings is 2. The first kappa shape index (κ1) is 18.3. The van der Waals surface area contributed by atoms with Crippen molar-refractivity contribution in [3.63, 3.8) is 0 Å². The molecule has 2 aromatic carbocycles. The molecule has 0 atom stereocenters. The first-order valence-corrected chi connectivity index (χ1v) is 8.32. The first-order chi connectivity index (χ1) is 11.5. The van der Waals surface area contributed by atoms with Crippen LogP contribution in [0.15, 0.2) is 30.3 Å². The molecule has 0 aromatic heterocycles. The molecule has 2 aromatic rings. The third-order valence-electron chi connectivity index (χ3n) is 3.34. The van der Waals surface area contributed by atoms with E-state index in [-0.39, 0.29) is 6.61 Å². The van der Waals surface area contributed by atoms with Crippen LogP contribution in [0.5, 0.6) is 11.5 Å². The number of terminal acetylenes is 1. The quantitative estimate of drug-likeness (QED) is 0.674. The third kappa shape index (κ3) is 4.74. The zero-order valence-electron chi connectivity index (χ0n) is 13.7. The van der Waals surface area contributed by atoms with Crippen molar-refractivity contribution in [1.29, 1.82) is 0 Å². The Hall–Kier alpha value is -2.02. The van der Waals surface area contributed by atoms with Crippen LogP contribution in [0.4, 0.5) is 5.69 Å². The molecule has 24 heavy (non-hydrogen) atoms. The molecule has 2 rings (SSSR count). The minimum absolute atomic E-state index is 0.138. The molecule has 1 N–H and O–H groups in total. The number of hydrogen-bond donors (Lipinski definition) is 1. The van der Waals surface area contributed by atoms with Gasteiger partial charge in [0.2, 0.25) is 0 Å². The van der Waals surface area contributed by atoms with E-state index in [0.29, 0.717) is 29.7 Å². The van der Waals surface area contributed by atoms with Gasteiger partial charge in [-0.25, -0.2) is 0 Å². The van der Waals surface area contributed by atoms with E-state index in [1.54, 1.807) is 0 Å². The average molecular weight is 364 g/mol. The van der Waals surface area contributed by atoms with Gasteiger partial charge >= 0.3 is 0 Å². The third-order valence-corrected chi connectivity index (χ3v) is 4.03. The maximum Gasteiger partial charge on any atom is 0.181 e. The molecule has 3 nitrogen and oxygen atoms in total. The SMILES string of the molecule is C#CCOc1c(Cl)cc(CNc2ccc(C)c(Cl)c2)cc1OCC. The second-order valence-corrected chi connectivity index (χ2v) is 5.96. The summed E-state index contributed by atoms with van der Waals surface area (Å²) in [7, 11) is 0. The number of nitrogens with one attached hydrogen (secondary N) is 1. The highest BCUT2D eigenvalue weighted by molar-refractivity contribution is 6.32. The molecule has 0 saturated heterocycles. The predicted octanol–water partition coefficient (Wildman–Crippen LogP) is 5.32. The lowest BCUT2D eigenvalue weighted by Crippen LogP contribution is -2.04. The predicted molar refractivity (Wildman–Crippen MR) is 100 cm³/mol. The van der Waals surface area contributed by atoms with Crippen molar-refractivity contribution in [2.24, 2.45) is 0 Å². The van der Waals surface area contributed by atoms with Gasteiger partial charge in [-0.15, -0.1) is 6.42 Å². The fourth-order valence-electron chi connectivity index (χ4n) is 2.15. The van der Waals surface area contributed by atoms with Gasteiger partial charge in [-0.2, -0.15) is 0 Å². The molecular weight excluding hydrogens is 345 g/mol.